The molecule has 0 fully saturated rings. The maximum absolute atomic E-state index is 5.31. The van der Waals surface area contributed by atoms with Gasteiger partial charge in [-0.15, -0.1) is 0 Å². The molecule has 2 heteroatoms. The first-order valence-corrected chi connectivity index (χ1v) is 11.1. The lowest BCUT2D eigenvalue weighted by atomic mass is 10.0. The molecular weight excluding hydrogens is 378 g/mol. The molecule has 2 nitrogen and oxygen atoms in total. The van der Waals surface area contributed by atoms with Crippen molar-refractivity contribution < 1.29 is 4.74 Å². The molecule has 3 aromatic carbocycles. The number of hydrogen-bond acceptors (Lipinski definition) is 2. The van der Waals surface area contributed by atoms with Gasteiger partial charge in [0.05, 0.1) is 7.11 Å². The van der Waals surface area contributed by atoms with E-state index >= 15 is 0 Å². The van der Waals surface area contributed by atoms with Crippen LogP contribution in [0.25, 0.3) is 0 Å². The molecule has 1 atom stereocenters. The number of ether oxygens (including phenoxy) is 1. The van der Waals surface area contributed by atoms with Gasteiger partial charge in [-0.2, -0.15) is 0 Å². The lowest BCUT2D eigenvalue weighted by Gasteiger charge is -2.18. The normalized spacial score (nSPS) is 12.4. The van der Waals surface area contributed by atoms with Gasteiger partial charge in [-0.3, -0.25) is 0 Å². The Morgan fingerprint density at radius 3 is 1.97 bits per heavy atom. The van der Waals surface area contributed by atoms with Gasteiger partial charge in [0, 0.05) is 12.6 Å². The van der Waals surface area contributed by atoms with Crippen LogP contribution in [0.4, 0.5) is 0 Å². The van der Waals surface area contributed by atoms with E-state index in [1.165, 1.54) is 16.7 Å². The molecule has 0 saturated carbocycles. The minimum absolute atomic E-state index is 0.274. The molecule has 3 aromatic rings. The van der Waals surface area contributed by atoms with Crippen molar-refractivity contribution in [3.05, 3.63) is 126 Å². The molecule has 0 aromatic heterocycles. The topological polar surface area (TPSA) is 21.3 Å². The Labute approximate surface area is 187 Å². The van der Waals surface area contributed by atoms with Crippen LogP contribution < -0.4 is 10.1 Å². The molecule has 1 N–H and O–H groups in total. The van der Waals surface area contributed by atoms with Gasteiger partial charge in [-0.25, -0.2) is 0 Å². The van der Waals surface area contributed by atoms with Crippen LogP contribution in [0, 0.1) is 0 Å². The van der Waals surface area contributed by atoms with Crippen molar-refractivity contribution in [1.29, 1.82) is 0 Å². The monoisotopic (exact) mass is 411 g/mol. The highest BCUT2D eigenvalue weighted by molar-refractivity contribution is 5.29. The Balaban J connectivity index is 1.48. The Morgan fingerprint density at radius 2 is 1.32 bits per heavy atom. The van der Waals surface area contributed by atoms with E-state index in [1.54, 1.807) is 7.11 Å². The molecule has 31 heavy (non-hydrogen) atoms. The van der Waals surface area contributed by atoms with Gasteiger partial charge >= 0.3 is 0 Å². The van der Waals surface area contributed by atoms with Crippen molar-refractivity contribution >= 4 is 0 Å². The van der Waals surface area contributed by atoms with E-state index in [0.717, 1.165) is 38.0 Å². The van der Waals surface area contributed by atoms with Crippen molar-refractivity contribution in [1.82, 2.24) is 5.32 Å². The standard InChI is InChI=1S/C29H33NO/c1-31-28-22-20-27(21-23-28)29(30-24-26-17-11-7-12-18-26)19-13-5-3-2-4-8-14-25-15-9-6-10-16-25/h4-13,15-18,20-23,29-30H,2-3,14,19,24H2,1H3/b8-4+,13-5+. The predicted octanol–water partition coefficient (Wildman–Crippen LogP) is 7.05. The van der Waals surface area contributed by atoms with Crippen LogP contribution in [-0.4, -0.2) is 7.11 Å². The predicted molar refractivity (Wildman–Crippen MR) is 131 cm³/mol. The number of methoxy groups -OCH3 is 1. The number of nitrogens with one attached hydrogen (secondary N) is 1. The third-order valence-corrected chi connectivity index (χ3v) is 5.32. The summed E-state index contributed by atoms with van der Waals surface area (Å²) in [5, 5.41) is 3.71. The van der Waals surface area contributed by atoms with Gasteiger partial charge in [-0.05, 0) is 54.5 Å². The maximum Gasteiger partial charge on any atom is 0.118 e. The Morgan fingerprint density at radius 1 is 0.710 bits per heavy atom. The van der Waals surface area contributed by atoms with Gasteiger partial charge in [0.2, 0.25) is 0 Å². The quantitative estimate of drug-likeness (QED) is 0.255. The molecule has 0 radical (unpaired) electrons. The summed E-state index contributed by atoms with van der Waals surface area (Å²) < 4.78 is 5.31. The zero-order valence-corrected chi connectivity index (χ0v) is 18.4. The van der Waals surface area contributed by atoms with E-state index in [9.17, 15) is 0 Å². The molecule has 0 amide bonds. The summed E-state index contributed by atoms with van der Waals surface area (Å²) >= 11 is 0. The molecule has 0 bridgehead atoms. The summed E-state index contributed by atoms with van der Waals surface area (Å²) in [5.74, 6) is 0.892. The van der Waals surface area contributed by atoms with E-state index in [1.807, 2.05) is 12.1 Å². The first kappa shape index (κ1) is 22.6. The number of benzene rings is 3. The van der Waals surface area contributed by atoms with Gasteiger partial charge in [0.15, 0.2) is 0 Å². The highest BCUT2D eigenvalue weighted by Gasteiger charge is 2.09. The van der Waals surface area contributed by atoms with Crippen molar-refractivity contribution in [3.63, 3.8) is 0 Å². The highest BCUT2D eigenvalue weighted by atomic mass is 16.5. The van der Waals surface area contributed by atoms with Crippen molar-refractivity contribution in [2.45, 2.75) is 38.3 Å². The SMILES string of the molecule is COc1ccc(C(C/C=C/CC/C=C/Cc2ccccc2)NCc2ccccc2)cc1. The second-order valence-corrected chi connectivity index (χ2v) is 7.64. The third-order valence-electron chi connectivity index (χ3n) is 5.32. The van der Waals surface area contributed by atoms with Crippen molar-refractivity contribution in [3.8, 4) is 5.75 Å². The highest BCUT2D eigenvalue weighted by Crippen LogP contribution is 2.21. The summed E-state index contributed by atoms with van der Waals surface area (Å²) in [4.78, 5) is 0. The lowest BCUT2D eigenvalue weighted by molar-refractivity contribution is 0.414. The second kappa shape index (κ2) is 13.3. The summed E-state index contributed by atoms with van der Waals surface area (Å²) in [6.45, 7) is 0.855. The lowest BCUT2D eigenvalue weighted by Crippen LogP contribution is -2.20. The summed E-state index contributed by atoms with van der Waals surface area (Å²) in [5.41, 5.74) is 3.94. The van der Waals surface area contributed by atoms with Gasteiger partial charge in [0.1, 0.15) is 5.75 Å². The van der Waals surface area contributed by atoms with Crippen LogP contribution in [0.1, 0.15) is 42.0 Å². The van der Waals surface area contributed by atoms with Crippen LogP contribution in [0.5, 0.6) is 5.75 Å². The molecule has 0 aliphatic rings. The fourth-order valence-electron chi connectivity index (χ4n) is 3.50. The number of hydrogen-bond donors (Lipinski definition) is 1. The number of rotatable bonds is 12. The van der Waals surface area contributed by atoms with E-state index < -0.39 is 0 Å². The van der Waals surface area contributed by atoms with Gasteiger partial charge in [-0.1, -0.05) is 97.1 Å². The van der Waals surface area contributed by atoms with Crippen molar-refractivity contribution in [2.75, 3.05) is 7.11 Å². The Bertz CT molecular complexity index is 914. The van der Waals surface area contributed by atoms with E-state index in [2.05, 4.69) is 102 Å². The first-order chi connectivity index (χ1) is 15.3. The minimum atomic E-state index is 0.274. The van der Waals surface area contributed by atoms with E-state index in [4.69, 9.17) is 4.74 Å². The van der Waals surface area contributed by atoms with Crippen LogP contribution in [0.3, 0.4) is 0 Å². The van der Waals surface area contributed by atoms with Gasteiger partial charge < -0.3 is 10.1 Å². The smallest absolute Gasteiger partial charge is 0.118 e. The zero-order valence-electron chi connectivity index (χ0n) is 18.4. The number of unbranched alkanes of at least 4 members (excludes halogenated alkanes) is 1. The average Bonchev–Trinajstić information content (AvgIpc) is 2.84. The maximum atomic E-state index is 5.31. The molecular formula is C29H33NO. The summed E-state index contributed by atoms with van der Waals surface area (Å²) in [6.07, 6.45) is 13.3. The molecule has 1 unspecified atom stereocenters. The fraction of sp³-hybridized carbons (Fsp3) is 0.241. The second-order valence-electron chi connectivity index (χ2n) is 7.64. The van der Waals surface area contributed by atoms with Crippen LogP contribution in [0.2, 0.25) is 0 Å². The largest absolute Gasteiger partial charge is 0.497 e. The first-order valence-electron chi connectivity index (χ1n) is 11.1. The Hall–Kier alpha value is -3.10. The minimum Gasteiger partial charge on any atom is -0.497 e. The molecule has 0 aliphatic carbocycles. The van der Waals surface area contributed by atoms with E-state index in [-0.39, 0.29) is 6.04 Å². The fourth-order valence-corrected chi connectivity index (χ4v) is 3.50. The van der Waals surface area contributed by atoms with Crippen molar-refractivity contribution in [2.24, 2.45) is 0 Å². The van der Waals surface area contributed by atoms with E-state index in [0.29, 0.717) is 0 Å². The summed E-state index contributed by atoms with van der Waals surface area (Å²) in [6, 6.07) is 29.8. The third kappa shape index (κ3) is 8.27. The van der Waals surface area contributed by atoms with Crippen LogP contribution in [0.15, 0.2) is 109 Å². The molecule has 0 spiro atoms. The average molecular weight is 412 g/mol. The molecule has 0 heterocycles. The summed E-state index contributed by atoms with van der Waals surface area (Å²) in [7, 11) is 1.71. The molecule has 0 saturated heterocycles. The van der Waals surface area contributed by atoms with Gasteiger partial charge in [0.25, 0.3) is 0 Å². The number of allylic oxidation sites excluding steroid dienone is 3. The van der Waals surface area contributed by atoms with Crippen LogP contribution >= 0.6 is 0 Å². The molecule has 3 rings (SSSR count). The Kier molecular flexibility index (Phi) is 9.65. The molecule has 160 valence electrons. The molecule has 0 aliphatic heterocycles. The van der Waals surface area contributed by atoms with Crippen LogP contribution in [-0.2, 0) is 13.0 Å². The zero-order chi connectivity index (χ0) is 21.6.